The molecule has 168 valence electrons. The summed E-state index contributed by atoms with van der Waals surface area (Å²) in [7, 11) is 0. The number of benzene rings is 1. The topological polar surface area (TPSA) is 103 Å². The van der Waals surface area contributed by atoms with Crippen molar-refractivity contribution in [2.75, 3.05) is 18.4 Å². The maximum absolute atomic E-state index is 13.1. The van der Waals surface area contributed by atoms with Gasteiger partial charge in [0.1, 0.15) is 11.4 Å². The van der Waals surface area contributed by atoms with Gasteiger partial charge in [0.15, 0.2) is 0 Å². The Balaban J connectivity index is 1.45. The van der Waals surface area contributed by atoms with E-state index in [0.29, 0.717) is 24.2 Å². The fourth-order valence-electron chi connectivity index (χ4n) is 4.59. The number of nitrogens with one attached hydrogen (secondary N) is 3. The average Bonchev–Trinajstić information content (AvgIpc) is 3.34. The zero-order valence-electron chi connectivity index (χ0n) is 18.9. The second-order valence-corrected chi connectivity index (χ2v) is 9.01. The molecule has 8 heteroatoms. The highest BCUT2D eigenvalue weighted by atomic mass is 16.2. The van der Waals surface area contributed by atoms with E-state index in [2.05, 4.69) is 27.0 Å². The molecule has 3 heterocycles. The Labute approximate surface area is 187 Å². The molecule has 2 aliphatic rings. The van der Waals surface area contributed by atoms with Gasteiger partial charge < -0.3 is 15.5 Å². The van der Waals surface area contributed by atoms with E-state index in [4.69, 9.17) is 0 Å². The lowest BCUT2D eigenvalue weighted by atomic mass is 9.79. The molecule has 1 aromatic carbocycles. The molecule has 0 spiro atoms. The number of imide groups is 1. The minimum atomic E-state index is -1.12. The maximum atomic E-state index is 13.1. The van der Waals surface area contributed by atoms with Crippen molar-refractivity contribution in [3.63, 3.8) is 0 Å². The molecule has 4 amide bonds. The van der Waals surface area contributed by atoms with Crippen molar-refractivity contribution in [3.8, 4) is 0 Å². The predicted molar refractivity (Wildman–Crippen MR) is 121 cm³/mol. The van der Waals surface area contributed by atoms with Crippen LogP contribution in [0.4, 0.5) is 10.6 Å². The van der Waals surface area contributed by atoms with E-state index < -0.39 is 11.6 Å². The number of anilines is 1. The van der Waals surface area contributed by atoms with Crippen molar-refractivity contribution >= 4 is 23.7 Å². The number of hydrogen-bond donors (Lipinski definition) is 3. The first-order chi connectivity index (χ1) is 15.2. The van der Waals surface area contributed by atoms with E-state index in [0.717, 1.165) is 23.4 Å². The van der Waals surface area contributed by atoms with Crippen LogP contribution in [-0.2, 0) is 10.3 Å². The smallest absolute Gasteiger partial charge is 0.322 e. The lowest BCUT2D eigenvalue weighted by molar-refractivity contribution is -0.125. The molecule has 1 aromatic heterocycles. The van der Waals surface area contributed by atoms with Gasteiger partial charge in [0.2, 0.25) is 0 Å². The Bertz CT molecular complexity index is 1070. The summed E-state index contributed by atoms with van der Waals surface area (Å²) in [5.41, 5.74) is 2.30. The number of urea groups is 1. The minimum Gasteiger partial charge on any atom is -0.365 e. The molecular formula is C24H29N5O3. The summed E-state index contributed by atoms with van der Waals surface area (Å²) < 4.78 is 0. The highest BCUT2D eigenvalue weighted by Gasteiger charge is 2.50. The quantitative estimate of drug-likeness (QED) is 0.627. The highest BCUT2D eigenvalue weighted by Crippen LogP contribution is 2.33. The fourth-order valence-corrected chi connectivity index (χ4v) is 4.59. The Kier molecular flexibility index (Phi) is 5.62. The minimum absolute atomic E-state index is 0.0482. The van der Waals surface area contributed by atoms with Crippen molar-refractivity contribution in [1.82, 2.24) is 20.5 Å². The predicted octanol–water partition coefficient (Wildman–Crippen LogP) is 2.72. The van der Waals surface area contributed by atoms with Crippen LogP contribution in [0.15, 0.2) is 36.5 Å². The number of aromatic nitrogens is 1. The largest absolute Gasteiger partial charge is 0.365 e. The summed E-state index contributed by atoms with van der Waals surface area (Å²) in [6.45, 7) is 9.07. The normalized spacial score (nSPS) is 22.8. The third-order valence-corrected chi connectivity index (χ3v) is 6.38. The monoisotopic (exact) mass is 435 g/mol. The molecule has 2 saturated heterocycles. The van der Waals surface area contributed by atoms with Crippen molar-refractivity contribution < 1.29 is 14.4 Å². The van der Waals surface area contributed by atoms with Gasteiger partial charge in [0, 0.05) is 30.9 Å². The van der Waals surface area contributed by atoms with Crippen LogP contribution < -0.4 is 16.0 Å². The van der Waals surface area contributed by atoms with Gasteiger partial charge in [-0.05, 0) is 55.0 Å². The zero-order valence-corrected chi connectivity index (χ0v) is 18.9. The first-order valence-electron chi connectivity index (χ1n) is 10.9. The van der Waals surface area contributed by atoms with Crippen LogP contribution in [0, 0.1) is 19.8 Å². The highest BCUT2D eigenvalue weighted by molar-refractivity contribution is 6.07. The number of amides is 4. The lowest BCUT2D eigenvalue weighted by Crippen LogP contribution is -2.48. The van der Waals surface area contributed by atoms with Crippen LogP contribution in [0.3, 0.4) is 0 Å². The van der Waals surface area contributed by atoms with Crippen molar-refractivity contribution in [3.05, 3.63) is 58.8 Å². The van der Waals surface area contributed by atoms with Gasteiger partial charge >= 0.3 is 6.03 Å². The number of carbonyl (C=O) groups is 3. The van der Waals surface area contributed by atoms with E-state index in [1.54, 1.807) is 24.3 Å². The summed E-state index contributed by atoms with van der Waals surface area (Å²) in [6.07, 6.45) is 2.69. The van der Waals surface area contributed by atoms with Gasteiger partial charge in [-0.1, -0.05) is 32.0 Å². The molecule has 2 atom stereocenters. The Hall–Kier alpha value is -3.42. The fraction of sp³-hybridized carbons (Fsp3) is 0.417. The molecule has 4 rings (SSSR count). The number of nitrogens with zero attached hydrogens (tertiary/aromatic N) is 2. The molecule has 0 radical (unpaired) electrons. The van der Waals surface area contributed by atoms with Gasteiger partial charge in [-0.3, -0.25) is 14.9 Å². The van der Waals surface area contributed by atoms with E-state index in [9.17, 15) is 14.4 Å². The van der Waals surface area contributed by atoms with E-state index in [1.807, 2.05) is 38.8 Å². The molecule has 2 aromatic rings. The van der Waals surface area contributed by atoms with Crippen LogP contribution in [0.25, 0.3) is 0 Å². The first-order valence-corrected chi connectivity index (χ1v) is 10.9. The molecule has 3 N–H and O–H groups in total. The molecule has 8 nitrogen and oxygen atoms in total. The average molecular weight is 436 g/mol. The molecule has 32 heavy (non-hydrogen) atoms. The standard InChI is InChI=1S/C24H29N5O3/c1-14(2)24(22(31)27-23(32)28-24)18-7-5-17(6-8-18)21(30)29-10-9-19(13-29)26-20-16(4)11-15(3)12-25-20/h5-8,11-12,14,19H,9-10,13H2,1-4H3,(H,25,26)(H2,27,28,31,32). The first kappa shape index (κ1) is 21.8. The van der Waals surface area contributed by atoms with Gasteiger partial charge in [0.25, 0.3) is 11.8 Å². The van der Waals surface area contributed by atoms with E-state index in [-0.39, 0.29) is 23.8 Å². The number of carbonyl (C=O) groups excluding carboxylic acids is 3. The van der Waals surface area contributed by atoms with E-state index >= 15 is 0 Å². The lowest BCUT2D eigenvalue weighted by Gasteiger charge is -2.30. The number of rotatable bonds is 5. The van der Waals surface area contributed by atoms with Gasteiger partial charge in [-0.15, -0.1) is 0 Å². The Morgan fingerprint density at radius 2 is 1.94 bits per heavy atom. The van der Waals surface area contributed by atoms with Crippen molar-refractivity contribution in [2.45, 2.75) is 45.7 Å². The van der Waals surface area contributed by atoms with Crippen LogP contribution in [0.1, 0.15) is 47.3 Å². The summed E-state index contributed by atoms with van der Waals surface area (Å²) in [4.78, 5) is 43.7. The zero-order chi connectivity index (χ0) is 23.0. The number of aryl methyl sites for hydroxylation is 2. The maximum Gasteiger partial charge on any atom is 0.322 e. The molecule has 2 fully saturated rings. The third-order valence-electron chi connectivity index (χ3n) is 6.38. The second-order valence-electron chi connectivity index (χ2n) is 9.01. The number of hydrogen-bond acceptors (Lipinski definition) is 5. The summed E-state index contributed by atoms with van der Waals surface area (Å²) in [6, 6.07) is 8.70. The van der Waals surface area contributed by atoms with Crippen LogP contribution in [0.5, 0.6) is 0 Å². The summed E-state index contributed by atoms with van der Waals surface area (Å²) in [5, 5.41) is 8.55. The molecule has 2 aliphatic heterocycles. The van der Waals surface area contributed by atoms with Gasteiger partial charge in [0.05, 0.1) is 0 Å². The van der Waals surface area contributed by atoms with Crippen LogP contribution in [0.2, 0.25) is 0 Å². The van der Waals surface area contributed by atoms with Crippen LogP contribution in [-0.4, -0.2) is 46.9 Å². The summed E-state index contributed by atoms with van der Waals surface area (Å²) in [5.74, 6) is 0.285. The van der Waals surface area contributed by atoms with Gasteiger partial charge in [-0.2, -0.15) is 0 Å². The molecule has 0 aliphatic carbocycles. The SMILES string of the molecule is Cc1cnc(NC2CCN(C(=O)c3ccc(C4(C(C)C)NC(=O)NC4=O)cc3)C2)c(C)c1. The summed E-state index contributed by atoms with van der Waals surface area (Å²) >= 11 is 0. The molecule has 0 saturated carbocycles. The second kappa shape index (κ2) is 8.26. The Morgan fingerprint density at radius 1 is 1.22 bits per heavy atom. The Morgan fingerprint density at radius 3 is 2.53 bits per heavy atom. The molecular weight excluding hydrogens is 406 g/mol. The number of likely N-dealkylation sites (tertiary alicyclic amines) is 1. The van der Waals surface area contributed by atoms with Crippen molar-refractivity contribution in [1.29, 1.82) is 0 Å². The van der Waals surface area contributed by atoms with Gasteiger partial charge in [-0.25, -0.2) is 9.78 Å². The molecule has 0 bridgehead atoms. The molecule has 2 unspecified atom stereocenters. The third kappa shape index (κ3) is 3.81. The van der Waals surface area contributed by atoms with Crippen molar-refractivity contribution in [2.24, 2.45) is 5.92 Å². The van der Waals surface area contributed by atoms with Crippen LogP contribution >= 0.6 is 0 Å². The van der Waals surface area contributed by atoms with E-state index in [1.165, 1.54) is 0 Å². The number of pyridine rings is 1.